The maximum Gasteiger partial charge on any atom is 0.167 e. The van der Waals surface area contributed by atoms with E-state index in [1.807, 2.05) is 6.92 Å². The zero-order valence-electron chi connectivity index (χ0n) is 23.7. The van der Waals surface area contributed by atoms with Crippen LogP contribution in [0, 0.1) is 41.0 Å². The summed E-state index contributed by atoms with van der Waals surface area (Å²) in [6.45, 7) is 4.85. The Labute approximate surface area is 231 Å². The maximum atomic E-state index is 15.3. The van der Waals surface area contributed by atoms with E-state index in [0.29, 0.717) is 72.5 Å². The largest absolute Gasteiger partial charge is 0.378 e. The number of hydrogen-bond donors (Lipinski definition) is 0. The first-order valence-corrected chi connectivity index (χ1v) is 15.5. The Kier molecular flexibility index (Phi) is 9.36. The van der Waals surface area contributed by atoms with E-state index >= 15 is 8.78 Å². The molecule has 2 aromatic rings. The molecule has 0 bridgehead atoms. The lowest BCUT2D eigenvalue weighted by molar-refractivity contribution is -0.0595. The molecule has 0 N–H and O–H groups in total. The highest BCUT2D eigenvalue weighted by atomic mass is 19.2. The zero-order valence-corrected chi connectivity index (χ0v) is 23.7. The average molecular weight is 545 g/mol. The van der Waals surface area contributed by atoms with Crippen LogP contribution < -0.4 is 0 Å². The van der Waals surface area contributed by atoms with Gasteiger partial charge in [0.15, 0.2) is 23.3 Å². The van der Waals surface area contributed by atoms with Crippen molar-refractivity contribution in [2.24, 2.45) is 17.8 Å². The van der Waals surface area contributed by atoms with E-state index in [2.05, 4.69) is 6.92 Å². The second-order valence-electron chi connectivity index (χ2n) is 12.5. The Morgan fingerprint density at radius 3 is 1.85 bits per heavy atom. The summed E-state index contributed by atoms with van der Waals surface area (Å²) in [5.74, 6) is -2.07. The molecule has 1 heterocycles. The summed E-state index contributed by atoms with van der Waals surface area (Å²) in [6, 6.07) is 3.30. The molecule has 1 aliphatic heterocycles. The Morgan fingerprint density at radius 2 is 1.28 bits per heavy atom. The molecule has 2 fully saturated rings. The highest BCUT2D eigenvalue weighted by Gasteiger charge is 2.33. The first kappa shape index (κ1) is 28.6. The van der Waals surface area contributed by atoms with Crippen molar-refractivity contribution in [1.82, 2.24) is 0 Å². The van der Waals surface area contributed by atoms with Gasteiger partial charge in [-0.15, -0.1) is 0 Å². The third-order valence-electron chi connectivity index (χ3n) is 9.74. The van der Waals surface area contributed by atoms with Gasteiger partial charge < -0.3 is 4.74 Å². The number of fused-ring (bicyclic) bond motifs is 3. The summed E-state index contributed by atoms with van der Waals surface area (Å²) in [5, 5.41) is 0. The summed E-state index contributed by atoms with van der Waals surface area (Å²) < 4.78 is 66.3. The van der Waals surface area contributed by atoms with Crippen LogP contribution in [0.15, 0.2) is 12.1 Å². The normalized spacial score (nSPS) is 24.6. The van der Waals surface area contributed by atoms with Gasteiger partial charge in [0.2, 0.25) is 0 Å². The maximum absolute atomic E-state index is 15.3. The van der Waals surface area contributed by atoms with Crippen molar-refractivity contribution < 1.29 is 22.3 Å². The van der Waals surface area contributed by atoms with E-state index in [4.69, 9.17) is 4.74 Å². The third-order valence-corrected chi connectivity index (χ3v) is 9.74. The molecule has 5 heteroatoms. The van der Waals surface area contributed by atoms with Gasteiger partial charge in [0.1, 0.15) is 0 Å². The predicted molar refractivity (Wildman–Crippen MR) is 149 cm³/mol. The van der Waals surface area contributed by atoms with Crippen molar-refractivity contribution in [2.75, 3.05) is 6.61 Å². The van der Waals surface area contributed by atoms with Crippen LogP contribution in [-0.2, 0) is 24.0 Å². The number of benzene rings is 2. The minimum atomic E-state index is -1.06. The van der Waals surface area contributed by atoms with Crippen LogP contribution in [0.4, 0.5) is 17.6 Å². The molecule has 214 valence electrons. The molecule has 1 saturated carbocycles. The lowest BCUT2D eigenvalue weighted by atomic mass is 9.75. The first-order valence-electron chi connectivity index (χ1n) is 15.5. The summed E-state index contributed by atoms with van der Waals surface area (Å²) >= 11 is 0. The molecule has 1 nitrogen and oxygen atoms in total. The second-order valence-corrected chi connectivity index (χ2v) is 12.5. The van der Waals surface area contributed by atoms with Crippen LogP contribution in [-0.4, -0.2) is 12.7 Å². The molecule has 0 spiro atoms. The highest BCUT2D eigenvalue weighted by Crippen LogP contribution is 2.44. The number of halogens is 4. The molecule has 5 rings (SSSR count). The monoisotopic (exact) mass is 544 g/mol. The van der Waals surface area contributed by atoms with E-state index in [0.717, 1.165) is 25.2 Å². The molecule has 39 heavy (non-hydrogen) atoms. The number of hydrogen-bond acceptors (Lipinski definition) is 1. The first-order chi connectivity index (χ1) is 18.9. The molecule has 0 amide bonds. The molecule has 1 saturated heterocycles. The lowest BCUT2D eigenvalue weighted by Crippen LogP contribution is -2.34. The van der Waals surface area contributed by atoms with Gasteiger partial charge in [-0.05, 0) is 91.4 Å². The molecular formula is C34H44F4O. The summed E-state index contributed by atoms with van der Waals surface area (Å²) in [5.41, 5.74) is 1.53. The van der Waals surface area contributed by atoms with Crippen LogP contribution in [0.5, 0.6) is 0 Å². The fourth-order valence-electron chi connectivity index (χ4n) is 7.45. The Hall–Kier alpha value is -1.88. The van der Waals surface area contributed by atoms with E-state index < -0.39 is 23.3 Å². The fraction of sp³-hybridized carbons (Fsp3) is 0.647. The summed E-state index contributed by atoms with van der Waals surface area (Å²) in [6.07, 6.45) is 15.6. The van der Waals surface area contributed by atoms with Gasteiger partial charge in [-0.2, -0.15) is 0 Å². The zero-order chi connectivity index (χ0) is 27.5. The number of unbranched alkanes of at least 4 members (excludes halogenated alkanes) is 2. The van der Waals surface area contributed by atoms with E-state index in [9.17, 15) is 8.78 Å². The molecule has 2 aliphatic carbocycles. The highest BCUT2D eigenvalue weighted by molar-refractivity contribution is 5.79. The molecule has 0 radical (unpaired) electrons. The fourth-order valence-corrected chi connectivity index (χ4v) is 7.45. The second kappa shape index (κ2) is 12.7. The summed E-state index contributed by atoms with van der Waals surface area (Å²) in [4.78, 5) is 0. The Bertz CT molecular complexity index is 1140. The Balaban J connectivity index is 1.16. The van der Waals surface area contributed by atoms with Crippen LogP contribution in [0.25, 0.3) is 11.1 Å². The average Bonchev–Trinajstić information content (AvgIpc) is 3.32. The molecule has 2 atom stereocenters. The SMILES string of the molecule is CCCCCC1CCC(C2CCC(CCc3cc4c(c(F)c3F)-c3c(cc(CCC)c(F)c3F)C4)CO2)CC1. The van der Waals surface area contributed by atoms with Gasteiger partial charge in [0.25, 0.3) is 0 Å². The van der Waals surface area contributed by atoms with Crippen molar-refractivity contribution in [3.05, 3.63) is 57.7 Å². The molecule has 0 aromatic heterocycles. The molecule has 2 aromatic carbocycles. The molecule has 3 aliphatic rings. The minimum absolute atomic E-state index is 0.102. The van der Waals surface area contributed by atoms with Crippen molar-refractivity contribution in [3.63, 3.8) is 0 Å². The van der Waals surface area contributed by atoms with Gasteiger partial charge in [0.05, 0.1) is 6.10 Å². The number of ether oxygens (including phenoxy) is 1. The minimum Gasteiger partial charge on any atom is -0.378 e. The topological polar surface area (TPSA) is 9.23 Å². The van der Waals surface area contributed by atoms with Crippen LogP contribution in [0.3, 0.4) is 0 Å². The molecular weight excluding hydrogens is 500 g/mol. The van der Waals surface area contributed by atoms with Crippen molar-refractivity contribution in [3.8, 4) is 11.1 Å². The lowest BCUT2D eigenvalue weighted by Gasteiger charge is -2.38. The summed E-state index contributed by atoms with van der Waals surface area (Å²) in [7, 11) is 0. The quantitative estimate of drug-likeness (QED) is 0.182. The Morgan fingerprint density at radius 1 is 0.667 bits per heavy atom. The van der Waals surface area contributed by atoms with Gasteiger partial charge in [-0.1, -0.05) is 70.9 Å². The van der Waals surface area contributed by atoms with E-state index in [1.54, 1.807) is 12.1 Å². The number of rotatable bonds is 10. The van der Waals surface area contributed by atoms with Gasteiger partial charge in [0, 0.05) is 17.7 Å². The standard InChI is InChI=1S/C34H44F4O/c1-3-5-6-8-21-9-13-23(14-10-21)28-16-12-22(20-39-28)11-15-25-18-27-19-26-17-24(7-4-2)31(35)33(37)29(26)30(27)34(38)32(25)36/h17-18,21-23,28H,3-16,19-20H2,1-2H3. The third kappa shape index (κ3) is 6.09. The van der Waals surface area contributed by atoms with E-state index in [1.165, 1.54) is 51.4 Å². The van der Waals surface area contributed by atoms with Crippen molar-refractivity contribution in [2.45, 2.75) is 116 Å². The van der Waals surface area contributed by atoms with Crippen molar-refractivity contribution >= 4 is 0 Å². The van der Waals surface area contributed by atoms with Gasteiger partial charge in [-0.3, -0.25) is 0 Å². The number of aryl methyl sites for hydroxylation is 2. The predicted octanol–water partition coefficient (Wildman–Crippen LogP) is 9.88. The smallest absolute Gasteiger partial charge is 0.167 e. The van der Waals surface area contributed by atoms with Crippen LogP contribution >= 0.6 is 0 Å². The molecule has 2 unspecified atom stereocenters. The van der Waals surface area contributed by atoms with Gasteiger partial charge in [-0.25, -0.2) is 17.6 Å². The van der Waals surface area contributed by atoms with Crippen LogP contribution in [0.2, 0.25) is 0 Å². The van der Waals surface area contributed by atoms with E-state index in [-0.39, 0.29) is 11.1 Å². The van der Waals surface area contributed by atoms with Crippen LogP contribution in [0.1, 0.15) is 113 Å². The van der Waals surface area contributed by atoms with Crippen molar-refractivity contribution in [1.29, 1.82) is 0 Å². The van der Waals surface area contributed by atoms with Gasteiger partial charge >= 0.3 is 0 Å².